The summed E-state index contributed by atoms with van der Waals surface area (Å²) in [4.78, 5) is 9.87. The molecular formula is C24H38IN5O. The Labute approximate surface area is 204 Å². The van der Waals surface area contributed by atoms with Crippen molar-refractivity contribution in [2.24, 2.45) is 10.9 Å². The van der Waals surface area contributed by atoms with Gasteiger partial charge >= 0.3 is 0 Å². The van der Waals surface area contributed by atoms with Crippen molar-refractivity contribution in [3.8, 4) is 0 Å². The summed E-state index contributed by atoms with van der Waals surface area (Å²) in [5.41, 5.74) is 2.54. The topological polar surface area (TPSA) is 52.1 Å². The van der Waals surface area contributed by atoms with E-state index in [4.69, 9.17) is 9.73 Å². The second kappa shape index (κ2) is 12.6. The molecule has 1 aromatic carbocycles. The first-order valence-electron chi connectivity index (χ1n) is 11.6. The fourth-order valence-corrected chi connectivity index (χ4v) is 4.58. The van der Waals surface area contributed by atoms with Crippen molar-refractivity contribution in [3.63, 3.8) is 0 Å². The number of guanidine groups is 1. The number of piperidine rings is 1. The molecule has 7 heteroatoms. The molecule has 1 atom stereocenters. The van der Waals surface area contributed by atoms with E-state index in [2.05, 4.69) is 63.8 Å². The van der Waals surface area contributed by atoms with Crippen LogP contribution >= 0.6 is 24.0 Å². The second-order valence-corrected chi connectivity index (χ2v) is 8.69. The Hall–Kier alpha value is -1.32. The second-order valence-electron chi connectivity index (χ2n) is 8.69. The molecule has 4 rings (SSSR count). The Morgan fingerprint density at radius 3 is 2.68 bits per heavy atom. The number of nitrogens with one attached hydrogen (secondary N) is 2. The summed E-state index contributed by atoms with van der Waals surface area (Å²) in [6.07, 6.45) is 8.03. The van der Waals surface area contributed by atoms with Crippen LogP contribution in [0.25, 0.3) is 0 Å². The summed E-state index contributed by atoms with van der Waals surface area (Å²) in [5, 5.41) is 7.11. The van der Waals surface area contributed by atoms with E-state index in [9.17, 15) is 0 Å². The number of benzene rings is 1. The molecule has 2 fully saturated rings. The van der Waals surface area contributed by atoms with E-state index in [1.54, 1.807) is 0 Å². The van der Waals surface area contributed by atoms with Gasteiger partial charge < -0.3 is 25.2 Å². The van der Waals surface area contributed by atoms with Crippen LogP contribution in [0.15, 0.2) is 41.4 Å². The largest absolute Gasteiger partial charge is 0.381 e. The fraction of sp³-hybridized carbons (Fsp3) is 0.625. The molecule has 2 N–H and O–H groups in total. The van der Waals surface area contributed by atoms with Crippen molar-refractivity contribution in [1.29, 1.82) is 0 Å². The minimum Gasteiger partial charge on any atom is -0.381 e. The van der Waals surface area contributed by atoms with E-state index in [1.807, 2.05) is 0 Å². The summed E-state index contributed by atoms with van der Waals surface area (Å²) in [6, 6.07) is 9.27. The van der Waals surface area contributed by atoms with Gasteiger partial charge in [0.15, 0.2) is 5.96 Å². The fourth-order valence-electron chi connectivity index (χ4n) is 4.58. The van der Waals surface area contributed by atoms with Crippen molar-refractivity contribution in [2.75, 3.05) is 57.4 Å². The molecular weight excluding hydrogens is 501 g/mol. The normalized spacial score (nSPS) is 22.5. The van der Waals surface area contributed by atoms with Gasteiger partial charge in [-0.3, -0.25) is 0 Å². The molecule has 0 spiro atoms. The van der Waals surface area contributed by atoms with Crippen molar-refractivity contribution < 1.29 is 4.74 Å². The highest BCUT2D eigenvalue weighted by molar-refractivity contribution is 14.0. The molecule has 3 aliphatic rings. The Morgan fingerprint density at radius 2 is 1.97 bits per heavy atom. The van der Waals surface area contributed by atoms with Gasteiger partial charge in [0, 0.05) is 57.6 Å². The number of hydrogen-bond acceptors (Lipinski definition) is 4. The lowest BCUT2D eigenvalue weighted by molar-refractivity contribution is 0.150. The number of ether oxygens (including phenoxy) is 1. The predicted octanol–water partition coefficient (Wildman–Crippen LogP) is 3.24. The zero-order valence-electron chi connectivity index (χ0n) is 18.8. The molecule has 3 heterocycles. The number of rotatable bonds is 7. The number of aliphatic imine (C=N–C) groups is 1. The predicted molar refractivity (Wildman–Crippen MR) is 140 cm³/mol. The molecule has 1 unspecified atom stereocenters. The van der Waals surface area contributed by atoms with Gasteiger partial charge in [-0.05, 0) is 49.8 Å². The number of anilines is 1. The lowest BCUT2D eigenvalue weighted by Crippen LogP contribution is -2.49. The van der Waals surface area contributed by atoms with E-state index in [-0.39, 0.29) is 24.0 Å². The van der Waals surface area contributed by atoms with Gasteiger partial charge in [0.25, 0.3) is 0 Å². The highest BCUT2D eigenvalue weighted by atomic mass is 127. The number of likely N-dealkylation sites (tertiary alicyclic amines) is 1. The Morgan fingerprint density at radius 1 is 1.16 bits per heavy atom. The van der Waals surface area contributed by atoms with Crippen LogP contribution in [-0.2, 0) is 11.3 Å². The summed E-state index contributed by atoms with van der Waals surface area (Å²) < 4.78 is 5.53. The first kappa shape index (κ1) is 24.3. The summed E-state index contributed by atoms with van der Waals surface area (Å²) in [6.45, 7) is 11.1. The first-order chi connectivity index (χ1) is 14.8. The molecule has 31 heavy (non-hydrogen) atoms. The monoisotopic (exact) mass is 539 g/mol. The number of nitrogens with zero attached hydrogens (tertiary/aromatic N) is 3. The Kier molecular flexibility index (Phi) is 9.93. The van der Waals surface area contributed by atoms with Crippen molar-refractivity contribution in [3.05, 3.63) is 42.0 Å². The lowest BCUT2D eigenvalue weighted by Gasteiger charge is -2.34. The van der Waals surface area contributed by atoms with E-state index >= 15 is 0 Å². The van der Waals surface area contributed by atoms with E-state index < -0.39 is 0 Å². The molecule has 2 saturated heterocycles. The standard InChI is InChI=1S/C24H37N5O.HI/c1-2-25-24(26-17-20-6-5-7-23(16-20)29-11-3-4-12-29)27-22-8-13-28(14-9-22)18-21-10-15-30-19-21;/h3-7,16,21-22H,2,8-15,17-19H2,1H3,(H2,25,26,27);1H. The Balaban J connectivity index is 0.00000272. The molecule has 0 aromatic heterocycles. The van der Waals surface area contributed by atoms with E-state index in [0.717, 1.165) is 44.7 Å². The molecule has 172 valence electrons. The maximum absolute atomic E-state index is 5.53. The van der Waals surface area contributed by atoms with Gasteiger partial charge in [-0.15, -0.1) is 24.0 Å². The molecule has 0 aliphatic carbocycles. The minimum atomic E-state index is 0. The van der Waals surface area contributed by atoms with Gasteiger partial charge in [0.05, 0.1) is 13.2 Å². The van der Waals surface area contributed by atoms with Crippen molar-refractivity contribution in [1.82, 2.24) is 15.5 Å². The molecule has 0 bridgehead atoms. The van der Waals surface area contributed by atoms with Crippen LogP contribution in [0.3, 0.4) is 0 Å². The third kappa shape index (κ3) is 7.36. The average Bonchev–Trinajstić information content (AvgIpc) is 3.48. The third-order valence-corrected chi connectivity index (χ3v) is 6.33. The highest BCUT2D eigenvalue weighted by Gasteiger charge is 2.24. The number of halogens is 1. The summed E-state index contributed by atoms with van der Waals surface area (Å²) >= 11 is 0. The van der Waals surface area contributed by atoms with Crippen molar-refractivity contribution >= 4 is 35.6 Å². The van der Waals surface area contributed by atoms with Crippen LogP contribution in [0.4, 0.5) is 5.69 Å². The molecule has 6 nitrogen and oxygen atoms in total. The van der Waals surface area contributed by atoms with Crippen LogP contribution < -0.4 is 15.5 Å². The van der Waals surface area contributed by atoms with Gasteiger partial charge in [-0.2, -0.15) is 0 Å². The molecule has 1 aromatic rings. The van der Waals surface area contributed by atoms with Crippen LogP contribution in [0, 0.1) is 5.92 Å². The maximum atomic E-state index is 5.53. The molecule has 0 amide bonds. The molecule has 3 aliphatic heterocycles. The lowest BCUT2D eigenvalue weighted by atomic mass is 10.0. The van der Waals surface area contributed by atoms with Gasteiger partial charge in [-0.25, -0.2) is 4.99 Å². The zero-order chi connectivity index (χ0) is 20.6. The number of hydrogen-bond donors (Lipinski definition) is 2. The molecule has 0 radical (unpaired) electrons. The molecule has 0 saturated carbocycles. The third-order valence-electron chi connectivity index (χ3n) is 6.33. The smallest absolute Gasteiger partial charge is 0.191 e. The van der Waals surface area contributed by atoms with Gasteiger partial charge in [-0.1, -0.05) is 24.3 Å². The van der Waals surface area contributed by atoms with E-state index in [0.29, 0.717) is 12.6 Å². The maximum Gasteiger partial charge on any atom is 0.191 e. The highest BCUT2D eigenvalue weighted by Crippen LogP contribution is 2.20. The summed E-state index contributed by atoms with van der Waals surface area (Å²) in [5.74, 6) is 1.67. The van der Waals surface area contributed by atoms with Crippen LogP contribution in [-0.4, -0.2) is 69.4 Å². The summed E-state index contributed by atoms with van der Waals surface area (Å²) in [7, 11) is 0. The first-order valence-corrected chi connectivity index (χ1v) is 11.6. The van der Waals surface area contributed by atoms with E-state index in [1.165, 1.54) is 50.1 Å². The zero-order valence-corrected chi connectivity index (χ0v) is 21.1. The SMILES string of the molecule is CCNC(=NCc1cccc(N2CC=CC2)c1)NC1CCN(CC2CCOC2)CC1.I. The Bertz CT molecular complexity index is 718. The minimum absolute atomic E-state index is 0. The van der Waals surface area contributed by atoms with Crippen molar-refractivity contribution in [2.45, 2.75) is 38.8 Å². The van der Waals surface area contributed by atoms with Crippen LogP contribution in [0.5, 0.6) is 0 Å². The quantitative estimate of drug-likeness (QED) is 0.241. The average molecular weight is 540 g/mol. The van der Waals surface area contributed by atoms with Gasteiger partial charge in [0.2, 0.25) is 0 Å². The van der Waals surface area contributed by atoms with Crippen LogP contribution in [0.2, 0.25) is 0 Å². The van der Waals surface area contributed by atoms with Gasteiger partial charge in [0.1, 0.15) is 0 Å². The van der Waals surface area contributed by atoms with Crippen LogP contribution in [0.1, 0.15) is 31.7 Å².